The summed E-state index contributed by atoms with van der Waals surface area (Å²) in [5.41, 5.74) is 0. The van der Waals surface area contributed by atoms with E-state index in [0.717, 1.165) is 18.3 Å². The molecule has 0 aromatic rings. The van der Waals surface area contributed by atoms with Crippen LogP contribution in [0.15, 0.2) is 0 Å². The van der Waals surface area contributed by atoms with Crippen LogP contribution in [0.25, 0.3) is 0 Å². The molecule has 0 radical (unpaired) electrons. The summed E-state index contributed by atoms with van der Waals surface area (Å²) in [5.74, 6) is 2.34. The molecule has 0 atom stereocenters. The van der Waals surface area contributed by atoms with E-state index < -0.39 is 0 Å². The maximum absolute atomic E-state index is 8.30. The van der Waals surface area contributed by atoms with Crippen molar-refractivity contribution in [2.45, 2.75) is 64.8 Å². The van der Waals surface area contributed by atoms with Crippen molar-refractivity contribution in [3.63, 3.8) is 0 Å². The van der Waals surface area contributed by atoms with E-state index in [9.17, 15) is 0 Å². The molecule has 0 unspecified atom stereocenters. The van der Waals surface area contributed by atoms with Gasteiger partial charge in [0.25, 0.3) is 0 Å². The first kappa shape index (κ1) is 11.9. The van der Waals surface area contributed by atoms with Gasteiger partial charge in [0.2, 0.25) is 0 Å². The Labute approximate surface area is 99.9 Å². The van der Waals surface area contributed by atoms with Gasteiger partial charge in [0, 0.05) is 18.5 Å². The Morgan fingerprint density at radius 3 is 2.31 bits per heavy atom. The number of rotatable bonds is 5. The highest BCUT2D eigenvalue weighted by Gasteiger charge is 2.33. The first-order chi connectivity index (χ1) is 7.68. The Morgan fingerprint density at radius 1 is 1.19 bits per heavy atom. The van der Waals surface area contributed by atoms with E-state index in [2.05, 4.69) is 18.7 Å². The van der Waals surface area contributed by atoms with Gasteiger partial charge in [-0.1, -0.05) is 26.7 Å². The van der Waals surface area contributed by atoms with Crippen molar-refractivity contribution in [2.75, 3.05) is 6.54 Å². The molecule has 92 valence electrons. The highest BCUT2D eigenvalue weighted by Crippen LogP contribution is 2.34. The van der Waals surface area contributed by atoms with E-state index in [0.29, 0.717) is 12.0 Å². The van der Waals surface area contributed by atoms with E-state index in [1.54, 1.807) is 0 Å². The molecule has 2 aliphatic rings. The fraction of sp³-hybridized carbons (Fsp3) is 0.929. The SMILES string of the molecule is CC(C)CCN(C(=N)C1CC1)C1CCCC1. The Kier molecular flexibility index (Phi) is 3.88. The first-order valence-electron chi connectivity index (χ1n) is 7.03. The fourth-order valence-electron chi connectivity index (χ4n) is 2.70. The van der Waals surface area contributed by atoms with Crippen molar-refractivity contribution in [2.24, 2.45) is 11.8 Å². The minimum atomic E-state index is 0.618. The summed E-state index contributed by atoms with van der Waals surface area (Å²) in [5, 5.41) is 8.30. The van der Waals surface area contributed by atoms with Gasteiger partial charge in [-0.05, 0) is 38.0 Å². The average Bonchev–Trinajstić information content (AvgIpc) is 2.96. The van der Waals surface area contributed by atoms with Gasteiger partial charge in [-0.2, -0.15) is 0 Å². The molecule has 16 heavy (non-hydrogen) atoms. The number of amidine groups is 1. The Hall–Kier alpha value is -0.530. The quantitative estimate of drug-likeness (QED) is 0.558. The normalized spacial score (nSPS) is 21.7. The maximum Gasteiger partial charge on any atom is 0.0992 e. The highest BCUT2D eigenvalue weighted by molar-refractivity contribution is 5.84. The van der Waals surface area contributed by atoms with Gasteiger partial charge in [0.1, 0.15) is 0 Å². The summed E-state index contributed by atoms with van der Waals surface area (Å²) in [6.45, 7) is 5.69. The molecule has 0 saturated heterocycles. The Morgan fingerprint density at radius 2 is 1.81 bits per heavy atom. The summed E-state index contributed by atoms with van der Waals surface area (Å²) in [7, 11) is 0. The van der Waals surface area contributed by atoms with E-state index in [4.69, 9.17) is 5.41 Å². The molecular weight excluding hydrogens is 196 g/mol. The number of nitrogens with one attached hydrogen (secondary N) is 1. The predicted octanol–water partition coefficient (Wildman–Crippen LogP) is 3.66. The lowest BCUT2D eigenvalue weighted by Crippen LogP contribution is -2.40. The zero-order chi connectivity index (χ0) is 11.5. The molecule has 0 bridgehead atoms. The van der Waals surface area contributed by atoms with Gasteiger partial charge >= 0.3 is 0 Å². The number of hydrogen-bond acceptors (Lipinski definition) is 1. The third-order valence-corrected chi connectivity index (χ3v) is 3.99. The van der Waals surface area contributed by atoms with Gasteiger partial charge in [0.15, 0.2) is 0 Å². The van der Waals surface area contributed by atoms with Gasteiger partial charge in [-0.3, -0.25) is 5.41 Å². The van der Waals surface area contributed by atoms with Crippen LogP contribution in [-0.4, -0.2) is 23.3 Å². The Bertz CT molecular complexity index is 237. The minimum Gasteiger partial charge on any atom is -0.357 e. The van der Waals surface area contributed by atoms with Crippen molar-refractivity contribution in [1.82, 2.24) is 4.90 Å². The summed E-state index contributed by atoms with van der Waals surface area (Å²) < 4.78 is 0. The van der Waals surface area contributed by atoms with E-state index >= 15 is 0 Å². The van der Waals surface area contributed by atoms with Gasteiger partial charge < -0.3 is 4.90 Å². The smallest absolute Gasteiger partial charge is 0.0992 e. The van der Waals surface area contributed by atoms with Crippen molar-refractivity contribution >= 4 is 5.84 Å². The molecule has 0 aliphatic heterocycles. The lowest BCUT2D eigenvalue weighted by Gasteiger charge is -2.32. The topological polar surface area (TPSA) is 27.1 Å². The molecular formula is C14H26N2. The van der Waals surface area contributed by atoms with Crippen LogP contribution in [0, 0.1) is 17.2 Å². The van der Waals surface area contributed by atoms with E-state index in [1.807, 2.05) is 0 Å². The number of nitrogens with zero attached hydrogens (tertiary/aromatic N) is 1. The van der Waals surface area contributed by atoms with Gasteiger partial charge in [-0.15, -0.1) is 0 Å². The van der Waals surface area contributed by atoms with Crippen molar-refractivity contribution in [1.29, 1.82) is 5.41 Å². The van der Waals surface area contributed by atoms with Crippen LogP contribution in [0.4, 0.5) is 0 Å². The van der Waals surface area contributed by atoms with Crippen LogP contribution in [-0.2, 0) is 0 Å². The van der Waals surface area contributed by atoms with Crippen molar-refractivity contribution in [3.8, 4) is 0 Å². The van der Waals surface area contributed by atoms with Crippen molar-refractivity contribution < 1.29 is 0 Å². The highest BCUT2D eigenvalue weighted by atomic mass is 15.2. The summed E-state index contributed by atoms with van der Waals surface area (Å²) in [6.07, 6.45) is 9.18. The minimum absolute atomic E-state index is 0.618. The zero-order valence-corrected chi connectivity index (χ0v) is 10.8. The molecule has 1 N–H and O–H groups in total. The maximum atomic E-state index is 8.30. The van der Waals surface area contributed by atoms with Crippen molar-refractivity contribution in [3.05, 3.63) is 0 Å². The van der Waals surface area contributed by atoms with Gasteiger partial charge in [-0.25, -0.2) is 0 Å². The second-order valence-electron chi connectivity index (χ2n) is 5.97. The lowest BCUT2D eigenvalue weighted by molar-refractivity contribution is 0.287. The van der Waals surface area contributed by atoms with E-state index in [1.165, 1.54) is 44.9 Å². The van der Waals surface area contributed by atoms with Crippen LogP contribution in [0.3, 0.4) is 0 Å². The fourth-order valence-corrected chi connectivity index (χ4v) is 2.70. The second kappa shape index (κ2) is 5.20. The number of hydrogen-bond donors (Lipinski definition) is 1. The largest absolute Gasteiger partial charge is 0.357 e. The molecule has 0 spiro atoms. The average molecular weight is 222 g/mol. The third-order valence-electron chi connectivity index (χ3n) is 3.99. The standard InChI is InChI=1S/C14H26N2/c1-11(2)9-10-16(13-5-3-4-6-13)14(15)12-7-8-12/h11-13,15H,3-10H2,1-2H3. The molecule has 0 aromatic heterocycles. The van der Waals surface area contributed by atoms with Crippen LogP contribution < -0.4 is 0 Å². The zero-order valence-electron chi connectivity index (χ0n) is 10.8. The molecule has 0 aromatic carbocycles. The molecule has 0 heterocycles. The first-order valence-corrected chi connectivity index (χ1v) is 7.03. The lowest BCUT2D eigenvalue weighted by atomic mass is 10.1. The molecule has 2 heteroatoms. The second-order valence-corrected chi connectivity index (χ2v) is 5.97. The molecule has 2 aliphatic carbocycles. The monoisotopic (exact) mass is 222 g/mol. The summed E-state index contributed by atoms with van der Waals surface area (Å²) in [6, 6.07) is 0.701. The Balaban J connectivity index is 1.91. The van der Waals surface area contributed by atoms with Crippen LogP contribution in [0.5, 0.6) is 0 Å². The molecule has 2 nitrogen and oxygen atoms in total. The van der Waals surface area contributed by atoms with Crippen LogP contribution in [0.2, 0.25) is 0 Å². The predicted molar refractivity (Wildman–Crippen MR) is 68.9 cm³/mol. The molecule has 0 amide bonds. The summed E-state index contributed by atoms with van der Waals surface area (Å²) in [4.78, 5) is 2.45. The van der Waals surface area contributed by atoms with E-state index in [-0.39, 0.29) is 0 Å². The molecule has 2 rings (SSSR count). The van der Waals surface area contributed by atoms with Crippen LogP contribution in [0.1, 0.15) is 58.8 Å². The third kappa shape index (κ3) is 2.99. The molecule has 2 fully saturated rings. The summed E-state index contributed by atoms with van der Waals surface area (Å²) >= 11 is 0. The van der Waals surface area contributed by atoms with Crippen LogP contribution >= 0.6 is 0 Å². The molecule has 2 saturated carbocycles. The van der Waals surface area contributed by atoms with Gasteiger partial charge in [0.05, 0.1) is 5.84 Å².